The third-order valence-corrected chi connectivity index (χ3v) is 12.9. The summed E-state index contributed by atoms with van der Waals surface area (Å²) in [5.41, 5.74) is 6.55. The van der Waals surface area contributed by atoms with Gasteiger partial charge in [-0.1, -0.05) is 72.8 Å². The number of phenols is 4. The predicted molar refractivity (Wildman–Crippen MR) is 229 cm³/mol. The first kappa shape index (κ1) is 32.8. The van der Waals surface area contributed by atoms with Crippen molar-refractivity contribution in [3.8, 4) is 45.3 Å². The molecule has 2 spiro atoms. The van der Waals surface area contributed by atoms with Gasteiger partial charge in [0, 0.05) is 49.5 Å². The van der Waals surface area contributed by atoms with Crippen LogP contribution in [0.5, 0.6) is 23.0 Å². The van der Waals surface area contributed by atoms with Crippen LogP contribution in [0.2, 0.25) is 0 Å². The molecule has 8 N–H and O–H groups in total. The number of hydrogen-bond donors (Lipinski definition) is 8. The van der Waals surface area contributed by atoms with E-state index in [0.717, 1.165) is 60.6 Å². The smallest absolute Gasteiger partial charge is 0.201 e. The minimum atomic E-state index is -1.28. The van der Waals surface area contributed by atoms with E-state index in [-0.39, 0.29) is 45.7 Å². The summed E-state index contributed by atoms with van der Waals surface area (Å²) in [5.74, 6) is -0.267. The zero-order valence-corrected chi connectivity index (χ0v) is 31.3. The molecule has 0 bridgehead atoms. The molecule has 286 valence electrons. The molecule has 13 rings (SSSR count). The SMILES string of the molecule is O=C1C(c2ccc3cccc4c3c2NC2(N4)c3cc(O)ccc3-c3ccc(O)cc32)=C(O)/C1=c1/ccc2cccc3c2c1NC1(N=3)c2cc(O)ccc2-c2ccc(O)cc21. The van der Waals surface area contributed by atoms with E-state index in [9.17, 15) is 30.3 Å². The molecule has 2 aliphatic heterocycles. The van der Waals surface area contributed by atoms with E-state index < -0.39 is 11.3 Å². The fourth-order valence-electron chi connectivity index (χ4n) is 10.4. The average molecular weight is 783 g/mol. The summed E-state index contributed by atoms with van der Waals surface area (Å²) in [6, 6.07) is 39.8. The van der Waals surface area contributed by atoms with Crippen LogP contribution >= 0.6 is 0 Å². The Morgan fingerprint density at radius 3 is 1.62 bits per heavy atom. The van der Waals surface area contributed by atoms with Crippen molar-refractivity contribution in [2.75, 3.05) is 16.0 Å². The van der Waals surface area contributed by atoms with E-state index in [1.165, 1.54) is 0 Å². The molecule has 0 saturated carbocycles. The number of carbonyl (C=O) groups excluding carboxylic acids is 1. The highest BCUT2D eigenvalue weighted by molar-refractivity contribution is 6.52. The highest BCUT2D eigenvalue weighted by Gasteiger charge is 2.49. The van der Waals surface area contributed by atoms with Crippen LogP contribution in [0.4, 0.5) is 17.1 Å². The van der Waals surface area contributed by atoms with E-state index in [0.29, 0.717) is 38.6 Å². The Balaban J connectivity index is 1.04. The van der Waals surface area contributed by atoms with Crippen LogP contribution in [0, 0.1) is 0 Å². The number of rotatable bonds is 1. The first-order chi connectivity index (χ1) is 29.1. The van der Waals surface area contributed by atoms with Gasteiger partial charge in [-0.3, -0.25) is 4.79 Å². The topological polar surface area (TPSA) is 167 Å². The Bertz CT molecular complexity index is 3470. The zero-order chi connectivity index (χ0) is 40.4. The van der Waals surface area contributed by atoms with E-state index in [2.05, 4.69) is 16.0 Å². The fourth-order valence-corrected chi connectivity index (χ4v) is 10.4. The molecule has 60 heavy (non-hydrogen) atoms. The van der Waals surface area contributed by atoms with Gasteiger partial charge in [-0.05, 0) is 93.7 Å². The lowest BCUT2D eigenvalue weighted by molar-refractivity contribution is -0.109. The van der Waals surface area contributed by atoms with Gasteiger partial charge >= 0.3 is 0 Å². The van der Waals surface area contributed by atoms with Crippen molar-refractivity contribution in [3.63, 3.8) is 0 Å². The maximum absolute atomic E-state index is 14.9. The monoisotopic (exact) mass is 782 g/mol. The first-order valence-corrected chi connectivity index (χ1v) is 19.5. The molecule has 10 nitrogen and oxygen atoms in total. The third kappa shape index (κ3) is 3.92. The molecule has 0 saturated heterocycles. The number of benzene rings is 8. The normalized spacial score (nSPS) is 17.3. The molecule has 0 fully saturated rings. The van der Waals surface area contributed by atoms with E-state index >= 15 is 0 Å². The molecular weight excluding hydrogens is 753 g/mol. The summed E-state index contributed by atoms with van der Waals surface area (Å²) in [6.45, 7) is 0. The number of aliphatic hydroxyl groups is 1. The number of Topliss-reactive ketones (excluding diaryl/α,β-unsaturated/α-hetero) is 1. The number of fused-ring (bicyclic) bond motifs is 10. The molecule has 8 aromatic rings. The number of nitrogens with one attached hydrogen (secondary N) is 3. The van der Waals surface area contributed by atoms with Crippen LogP contribution in [0.15, 0.2) is 144 Å². The van der Waals surface area contributed by atoms with Crippen molar-refractivity contribution < 1.29 is 30.3 Å². The molecule has 2 heterocycles. The zero-order valence-electron chi connectivity index (χ0n) is 31.3. The van der Waals surface area contributed by atoms with Crippen molar-refractivity contribution in [1.82, 2.24) is 0 Å². The summed E-state index contributed by atoms with van der Waals surface area (Å²) in [5, 5.41) is 71.0. The van der Waals surface area contributed by atoms with E-state index in [4.69, 9.17) is 4.99 Å². The van der Waals surface area contributed by atoms with Gasteiger partial charge in [-0.2, -0.15) is 0 Å². The molecule has 0 unspecified atom stereocenters. The minimum Gasteiger partial charge on any atom is -0.508 e. The van der Waals surface area contributed by atoms with Gasteiger partial charge in [-0.15, -0.1) is 0 Å². The van der Waals surface area contributed by atoms with Gasteiger partial charge in [-0.25, -0.2) is 4.99 Å². The second kappa shape index (κ2) is 10.8. The average Bonchev–Trinajstić information content (AvgIpc) is 3.63. The fraction of sp³-hybridized carbons (Fsp3) is 0.0400. The molecule has 0 radical (unpaired) electrons. The van der Waals surface area contributed by atoms with Crippen molar-refractivity contribution >= 4 is 55.5 Å². The second-order valence-electron chi connectivity index (χ2n) is 16.0. The molecule has 8 aromatic carbocycles. The number of ketones is 1. The number of aromatic hydroxyl groups is 4. The van der Waals surface area contributed by atoms with Gasteiger partial charge in [0.05, 0.1) is 27.9 Å². The van der Waals surface area contributed by atoms with Gasteiger partial charge in [0.15, 0.2) is 11.3 Å². The molecular formula is C50H30N4O6. The lowest BCUT2D eigenvalue weighted by atomic mass is 9.79. The molecule has 0 atom stereocenters. The van der Waals surface area contributed by atoms with Crippen LogP contribution in [-0.2, 0) is 16.1 Å². The Hall–Kier alpha value is -8.24. The second-order valence-corrected chi connectivity index (χ2v) is 16.0. The van der Waals surface area contributed by atoms with Crippen LogP contribution in [0.25, 0.3) is 54.9 Å². The maximum Gasteiger partial charge on any atom is 0.201 e. The number of hydrogen-bond acceptors (Lipinski definition) is 10. The van der Waals surface area contributed by atoms with Crippen molar-refractivity contribution in [2.45, 2.75) is 11.3 Å². The summed E-state index contributed by atoms with van der Waals surface area (Å²) in [4.78, 5) is 20.2. The number of allylic oxidation sites excluding steroid dienone is 2. The Morgan fingerprint density at radius 1 is 0.467 bits per heavy atom. The molecule has 3 aliphatic carbocycles. The molecule has 10 heteroatoms. The highest BCUT2D eigenvalue weighted by Crippen LogP contribution is 2.57. The van der Waals surface area contributed by atoms with Crippen molar-refractivity contribution in [1.29, 1.82) is 0 Å². The lowest BCUT2D eigenvalue weighted by Gasteiger charge is -2.41. The quantitative estimate of drug-likeness (QED) is 0.0820. The van der Waals surface area contributed by atoms with Gasteiger partial charge in [0.1, 0.15) is 28.8 Å². The van der Waals surface area contributed by atoms with E-state index in [1.807, 2.05) is 84.9 Å². The van der Waals surface area contributed by atoms with Crippen LogP contribution in [0.1, 0.15) is 27.8 Å². The number of aliphatic hydroxyl groups excluding tert-OH is 1. The summed E-state index contributed by atoms with van der Waals surface area (Å²) in [6.07, 6.45) is 0. The third-order valence-electron chi connectivity index (χ3n) is 12.9. The van der Waals surface area contributed by atoms with Gasteiger partial charge < -0.3 is 41.5 Å². The predicted octanol–water partition coefficient (Wildman–Crippen LogP) is 8.16. The lowest BCUT2D eigenvalue weighted by Crippen LogP contribution is -2.45. The van der Waals surface area contributed by atoms with Crippen LogP contribution < -0.4 is 26.5 Å². The standard InChI is InChI=1S/C50H30N4O6/c55-25-9-15-29-30-16-10-26(56)20-36(30)49(35(29)19-25)51-39-5-1-3-23-7-13-33(45(53-49)41(23)39)43-47(59)44(48(43)60)34-14-8-24-4-2-6-40-42(24)46(34)54-50(52-40)37-21-27(57)11-17-31(37)32-18-12-28(58)22-38(32)50/h1-22,51,53-59H/b44-34+. The number of phenolic OH excluding ortho intramolecular Hbond substituents is 4. The van der Waals surface area contributed by atoms with Gasteiger partial charge in [0.2, 0.25) is 5.78 Å². The number of carbonyl (C=O) groups is 1. The van der Waals surface area contributed by atoms with Crippen molar-refractivity contribution in [2.24, 2.45) is 4.99 Å². The summed E-state index contributed by atoms with van der Waals surface area (Å²) in [7, 11) is 0. The first-order valence-electron chi connectivity index (χ1n) is 19.5. The summed E-state index contributed by atoms with van der Waals surface area (Å²) >= 11 is 0. The summed E-state index contributed by atoms with van der Waals surface area (Å²) < 4.78 is 0. The van der Waals surface area contributed by atoms with Crippen LogP contribution in [-0.4, -0.2) is 31.3 Å². The van der Waals surface area contributed by atoms with Crippen molar-refractivity contribution in [3.05, 3.63) is 178 Å². The largest absolute Gasteiger partial charge is 0.508 e. The van der Waals surface area contributed by atoms with E-state index in [1.54, 1.807) is 48.5 Å². The molecule has 0 amide bonds. The van der Waals surface area contributed by atoms with Crippen LogP contribution in [0.3, 0.4) is 0 Å². The number of nitrogens with zero attached hydrogens (tertiary/aromatic N) is 1. The Morgan fingerprint density at radius 2 is 1.00 bits per heavy atom. The molecule has 5 aliphatic rings. The maximum atomic E-state index is 14.9. The Kier molecular flexibility index (Phi) is 5.92. The highest BCUT2D eigenvalue weighted by atomic mass is 16.3. The van der Waals surface area contributed by atoms with Gasteiger partial charge in [0.25, 0.3) is 0 Å². The Labute approximate surface area is 340 Å². The minimum absolute atomic E-state index is 0.0551. The number of anilines is 3. The molecule has 0 aromatic heterocycles.